The molecule has 0 saturated heterocycles. The summed E-state index contributed by atoms with van der Waals surface area (Å²) in [6, 6.07) is 8.43. The number of benzene rings is 1. The van der Waals surface area contributed by atoms with E-state index in [1.165, 1.54) is 11.1 Å². The lowest BCUT2D eigenvalue weighted by atomic mass is 9.68. The van der Waals surface area contributed by atoms with Crippen molar-refractivity contribution in [3.8, 4) is 0 Å². The highest BCUT2D eigenvalue weighted by molar-refractivity contribution is 5.45. The molecule has 0 spiro atoms. The van der Waals surface area contributed by atoms with E-state index < -0.39 is 0 Å². The second kappa shape index (κ2) is 2.88. The summed E-state index contributed by atoms with van der Waals surface area (Å²) in [5, 5.41) is 0. The van der Waals surface area contributed by atoms with Crippen molar-refractivity contribution in [3.05, 3.63) is 35.4 Å². The smallest absolute Gasteiger partial charge is 0.00450 e. The zero-order chi connectivity index (χ0) is 8.55. The molecule has 1 aliphatic rings. The Bertz CT molecular complexity index is 254. The van der Waals surface area contributed by atoms with Crippen LogP contribution in [0.2, 0.25) is 0 Å². The van der Waals surface area contributed by atoms with Crippen LogP contribution in [0.5, 0.6) is 0 Å². The van der Waals surface area contributed by atoms with Gasteiger partial charge < -0.3 is 11.5 Å². The Kier molecular flexibility index (Phi) is 1.87. The van der Waals surface area contributed by atoms with Crippen LogP contribution < -0.4 is 11.5 Å². The minimum Gasteiger partial charge on any atom is -0.330 e. The van der Waals surface area contributed by atoms with E-state index in [2.05, 4.69) is 24.3 Å². The van der Waals surface area contributed by atoms with E-state index in [0.29, 0.717) is 11.8 Å². The molecular formula is C10H14N2. The van der Waals surface area contributed by atoms with Gasteiger partial charge in [-0.15, -0.1) is 0 Å². The van der Waals surface area contributed by atoms with Gasteiger partial charge in [-0.05, 0) is 24.2 Å². The quantitative estimate of drug-likeness (QED) is 0.675. The Morgan fingerprint density at radius 3 is 1.67 bits per heavy atom. The van der Waals surface area contributed by atoms with Gasteiger partial charge in [0.05, 0.1) is 0 Å². The van der Waals surface area contributed by atoms with Crippen molar-refractivity contribution < 1.29 is 0 Å². The third-order valence-corrected chi connectivity index (χ3v) is 2.79. The molecule has 0 saturated carbocycles. The Labute approximate surface area is 72.6 Å². The number of nitrogens with two attached hydrogens (primary N) is 2. The summed E-state index contributed by atoms with van der Waals surface area (Å²) in [6.45, 7) is 1.44. The first-order valence-electron chi connectivity index (χ1n) is 4.37. The van der Waals surface area contributed by atoms with Crippen LogP contribution in [0.4, 0.5) is 0 Å². The van der Waals surface area contributed by atoms with Gasteiger partial charge in [-0.25, -0.2) is 0 Å². The molecule has 1 aromatic carbocycles. The van der Waals surface area contributed by atoms with Crippen molar-refractivity contribution in [2.24, 2.45) is 11.5 Å². The molecule has 1 aliphatic carbocycles. The standard InChI is InChI=1S/C10H14N2/c11-5-9-7-3-1-2-4-8(7)10(9)6-12/h1-4,9-10H,5-6,11-12H2. The topological polar surface area (TPSA) is 52.0 Å². The van der Waals surface area contributed by atoms with Crippen LogP contribution in [-0.4, -0.2) is 13.1 Å². The minimum absolute atomic E-state index is 0.506. The molecule has 2 atom stereocenters. The molecule has 0 radical (unpaired) electrons. The summed E-state index contributed by atoms with van der Waals surface area (Å²) in [7, 11) is 0. The zero-order valence-corrected chi connectivity index (χ0v) is 7.03. The third kappa shape index (κ3) is 0.886. The van der Waals surface area contributed by atoms with E-state index in [1.54, 1.807) is 0 Å². The van der Waals surface area contributed by atoms with E-state index in [1.807, 2.05) is 0 Å². The lowest BCUT2D eigenvalue weighted by Crippen LogP contribution is -2.34. The Hall–Kier alpha value is -0.860. The summed E-state index contributed by atoms with van der Waals surface area (Å²) in [5.41, 5.74) is 14.1. The fraction of sp³-hybridized carbons (Fsp3) is 0.400. The third-order valence-electron chi connectivity index (χ3n) is 2.79. The average Bonchev–Trinajstić information content (AvgIpc) is 2.08. The summed E-state index contributed by atoms with van der Waals surface area (Å²) in [6.07, 6.45) is 0. The normalized spacial score (nSPS) is 26.2. The number of fused-ring (bicyclic) bond motifs is 1. The van der Waals surface area contributed by atoms with Crippen LogP contribution in [-0.2, 0) is 0 Å². The predicted octanol–water partition coefficient (Wildman–Crippen LogP) is 0.785. The number of hydrogen-bond donors (Lipinski definition) is 2. The molecule has 4 N–H and O–H groups in total. The van der Waals surface area contributed by atoms with Crippen molar-refractivity contribution in [1.29, 1.82) is 0 Å². The molecular weight excluding hydrogens is 148 g/mol. The molecule has 0 aliphatic heterocycles. The summed E-state index contributed by atoms with van der Waals surface area (Å²) >= 11 is 0. The van der Waals surface area contributed by atoms with Crippen LogP contribution in [0.1, 0.15) is 23.0 Å². The maximum Gasteiger partial charge on any atom is 0.00450 e. The molecule has 2 nitrogen and oxygen atoms in total. The lowest BCUT2D eigenvalue weighted by molar-refractivity contribution is 0.484. The van der Waals surface area contributed by atoms with E-state index in [0.717, 1.165) is 13.1 Å². The molecule has 12 heavy (non-hydrogen) atoms. The van der Waals surface area contributed by atoms with Crippen LogP contribution in [0, 0.1) is 0 Å². The first-order valence-corrected chi connectivity index (χ1v) is 4.37. The van der Waals surface area contributed by atoms with Crippen molar-refractivity contribution in [3.63, 3.8) is 0 Å². The van der Waals surface area contributed by atoms with Crippen LogP contribution >= 0.6 is 0 Å². The van der Waals surface area contributed by atoms with Gasteiger partial charge in [0.2, 0.25) is 0 Å². The molecule has 2 rings (SSSR count). The molecule has 2 unspecified atom stereocenters. The van der Waals surface area contributed by atoms with Crippen LogP contribution in [0.15, 0.2) is 24.3 Å². The first kappa shape index (κ1) is 7.77. The van der Waals surface area contributed by atoms with Gasteiger partial charge in [-0.3, -0.25) is 0 Å². The molecule has 64 valence electrons. The number of hydrogen-bond acceptors (Lipinski definition) is 2. The van der Waals surface area contributed by atoms with Gasteiger partial charge in [0.15, 0.2) is 0 Å². The maximum absolute atomic E-state index is 5.66. The molecule has 2 heteroatoms. The fourth-order valence-electron chi connectivity index (χ4n) is 2.11. The van der Waals surface area contributed by atoms with Crippen molar-refractivity contribution in [2.75, 3.05) is 13.1 Å². The molecule has 1 aromatic rings. The van der Waals surface area contributed by atoms with E-state index in [4.69, 9.17) is 11.5 Å². The van der Waals surface area contributed by atoms with E-state index in [-0.39, 0.29) is 0 Å². The highest BCUT2D eigenvalue weighted by atomic mass is 14.6. The first-order chi connectivity index (χ1) is 5.88. The van der Waals surface area contributed by atoms with E-state index in [9.17, 15) is 0 Å². The Balaban J connectivity index is 2.34. The Morgan fingerprint density at radius 1 is 0.917 bits per heavy atom. The van der Waals surface area contributed by atoms with Crippen molar-refractivity contribution >= 4 is 0 Å². The van der Waals surface area contributed by atoms with Crippen LogP contribution in [0.25, 0.3) is 0 Å². The summed E-state index contributed by atoms with van der Waals surface area (Å²) in [5.74, 6) is 1.01. The number of rotatable bonds is 2. The van der Waals surface area contributed by atoms with Gasteiger partial charge in [0.1, 0.15) is 0 Å². The second-order valence-corrected chi connectivity index (χ2v) is 3.31. The maximum atomic E-state index is 5.66. The van der Waals surface area contributed by atoms with Crippen molar-refractivity contribution in [1.82, 2.24) is 0 Å². The Morgan fingerprint density at radius 2 is 1.33 bits per heavy atom. The van der Waals surface area contributed by atoms with Gasteiger partial charge in [0, 0.05) is 11.8 Å². The molecule has 0 heterocycles. The monoisotopic (exact) mass is 162 g/mol. The minimum atomic E-state index is 0.506. The highest BCUT2D eigenvalue weighted by Gasteiger charge is 2.34. The molecule has 0 bridgehead atoms. The highest BCUT2D eigenvalue weighted by Crippen LogP contribution is 2.44. The average molecular weight is 162 g/mol. The molecule has 0 amide bonds. The fourth-order valence-corrected chi connectivity index (χ4v) is 2.11. The largest absolute Gasteiger partial charge is 0.330 e. The van der Waals surface area contributed by atoms with Gasteiger partial charge in [0.25, 0.3) is 0 Å². The molecule has 0 fully saturated rings. The zero-order valence-electron chi connectivity index (χ0n) is 7.03. The van der Waals surface area contributed by atoms with Gasteiger partial charge in [-0.1, -0.05) is 24.3 Å². The molecule has 0 aromatic heterocycles. The second-order valence-electron chi connectivity index (χ2n) is 3.31. The van der Waals surface area contributed by atoms with Gasteiger partial charge in [-0.2, -0.15) is 0 Å². The summed E-state index contributed by atoms with van der Waals surface area (Å²) < 4.78 is 0. The van der Waals surface area contributed by atoms with Crippen molar-refractivity contribution in [2.45, 2.75) is 11.8 Å². The van der Waals surface area contributed by atoms with Crippen LogP contribution in [0.3, 0.4) is 0 Å². The predicted molar refractivity (Wildman–Crippen MR) is 50.0 cm³/mol. The van der Waals surface area contributed by atoms with E-state index >= 15 is 0 Å². The summed E-state index contributed by atoms with van der Waals surface area (Å²) in [4.78, 5) is 0. The van der Waals surface area contributed by atoms with Gasteiger partial charge >= 0.3 is 0 Å². The SMILES string of the molecule is NCC1c2ccccc2C1CN. The lowest BCUT2D eigenvalue weighted by Gasteiger charge is -2.38.